The van der Waals surface area contributed by atoms with E-state index in [9.17, 15) is 4.79 Å². The molecule has 1 aliphatic carbocycles. The maximum Gasteiger partial charge on any atom is 0.186 e. The number of allylic oxidation sites excluding steroid dienone is 4. The van der Waals surface area contributed by atoms with E-state index in [-0.39, 0.29) is 5.78 Å². The van der Waals surface area contributed by atoms with Gasteiger partial charge < -0.3 is 0 Å². The molecule has 0 amide bonds. The molecule has 0 saturated carbocycles. The van der Waals surface area contributed by atoms with Crippen LogP contribution in [0, 0.1) is 0 Å². The summed E-state index contributed by atoms with van der Waals surface area (Å²) in [6.45, 7) is 0. The maximum absolute atomic E-state index is 11.8. The maximum atomic E-state index is 11.8. The van der Waals surface area contributed by atoms with Gasteiger partial charge >= 0.3 is 0 Å². The van der Waals surface area contributed by atoms with Crippen molar-refractivity contribution in [1.29, 1.82) is 0 Å². The summed E-state index contributed by atoms with van der Waals surface area (Å²) < 4.78 is 0. The molecule has 1 aromatic carbocycles. The molecule has 0 saturated heterocycles. The third-order valence-electron chi connectivity index (χ3n) is 2.54. The lowest BCUT2D eigenvalue weighted by atomic mass is 9.99. The van der Waals surface area contributed by atoms with Gasteiger partial charge in [-0.15, -0.1) is 0 Å². The minimum atomic E-state index is 0.108. The molecule has 0 fully saturated rings. The zero-order chi connectivity index (χ0) is 10.5. The average molecular weight is 198 g/mol. The largest absolute Gasteiger partial charge is 0.289 e. The van der Waals surface area contributed by atoms with Crippen molar-refractivity contribution in [1.82, 2.24) is 0 Å². The van der Waals surface area contributed by atoms with Crippen LogP contribution in [0.2, 0.25) is 0 Å². The van der Waals surface area contributed by atoms with E-state index in [0.717, 1.165) is 30.4 Å². The van der Waals surface area contributed by atoms with Crippen molar-refractivity contribution in [2.45, 2.75) is 19.3 Å². The molecule has 0 spiro atoms. The zero-order valence-electron chi connectivity index (χ0n) is 8.65. The van der Waals surface area contributed by atoms with Crippen LogP contribution in [0.3, 0.4) is 0 Å². The Bertz CT molecular complexity index is 399. The number of carbonyl (C=O) groups excluding carboxylic acids is 1. The van der Waals surface area contributed by atoms with Crippen molar-refractivity contribution in [3.8, 4) is 0 Å². The second-order valence-electron chi connectivity index (χ2n) is 3.74. The molecule has 0 unspecified atom stereocenters. The molecule has 15 heavy (non-hydrogen) atoms. The van der Waals surface area contributed by atoms with Crippen molar-refractivity contribution < 1.29 is 4.79 Å². The van der Waals surface area contributed by atoms with E-state index in [1.54, 1.807) is 6.08 Å². The Balaban J connectivity index is 2.16. The van der Waals surface area contributed by atoms with Gasteiger partial charge in [0.25, 0.3) is 0 Å². The van der Waals surface area contributed by atoms with Crippen LogP contribution in [0.25, 0.3) is 0 Å². The van der Waals surface area contributed by atoms with Crippen LogP contribution in [0.4, 0.5) is 0 Å². The number of ketones is 1. The highest BCUT2D eigenvalue weighted by atomic mass is 16.1. The third kappa shape index (κ3) is 2.66. The molecule has 0 atom stereocenters. The molecule has 0 heterocycles. The van der Waals surface area contributed by atoms with Crippen molar-refractivity contribution >= 4 is 5.78 Å². The van der Waals surface area contributed by atoms with E-state index < -0.39 is 0 Å². The lowest BCUT2D eigenvalue weighted by molar-refractivity contribution is 0.104. The molecular formula is C14H14O. The van der Waals surface area contributed by atoms with E-state index in [0.29, 0.717) is 0 Å². The van der Waals surface area contributed by atoms with Gasteiger partial charge in [-0.25, -0.2) is 0 Å². The van der Waals surface area contributed by atoms with Crippen LogP contribution in [-0.4, -0.2) is 5.78 Å². The topological polar surface area (TPSA) is 17.1 Å². The van der Waals surface area contributed by atoms with Gasteiger partial charge in [0.15, 0.2) is 5.78 Å². The Labute approximate surface area is 90.1 Å². The fourth-order valence-electron chi connectivity index (χ4n) is 1.72. The molecule has 0 aliphatic heterocycles. The molecule has 0 N–H and O–H groups in total. The van der Waals surface area contributed by atoms with E-state index >= 15 is 0 Å². The number of benzene rings is 1. The Morgan fingerprint density at radius 2 is 2.00 bits per heavy atom. The summed E-state index contributed by atoms with van der Waals surface area (Å²) in [7, 11) is 0. The summed E-state index contributed by atoms with van der Waals surface area (Å²) >= 11 is 0. The van der Waals surface area contributed by atoms with E-state index in [1.807, 2.05) is 30.3 Å². The first kappa shape index (κ1) is 9.91. The Morgan fingerprint density at radius 1 is 1.20 bits per heavy atom. The van der Waals surface area contributed by atoms with Crippen LogP contribution in [0.1, 0.15) is 29.6 Å². The van der Waals surface area contributed by atoms with Gasteiger partial charge in [0.2, 0.25) is 0 Å². The summed E-state index contributed by atoms with van der Waals surface area (Å²) in [5.74, 6) is 0.108. The van der Waals surface area contributed by atoms with Crippen molar-refractivity contribution in [2.75, 3.05) is 0 Å². The minimum absolute atomic E-state index is 0.108. The summed E-state index contributed by atoms with van der Waals surface area (Å²) in [5, 5.41) is 0. The quantitative estimate of drug-likeness (QED) is 0.524. The van der Waals surface area contributed by atoms with E-state index in [2.05, 4.69) is 12.2 Å². The molecule has 1 nitrogen and oxygen atoms in total. The fraction of sp³-hybridized carbons (Fsp3) is 0.214. The van der Waals surface area contributed by atoms with Gasteiger partial charge in [-0.1, -0.05) is 42.5 Å². The molecular weight excluding hydrogens is 184 g/mol. The van der Waals surface area contributed by atoms with Gasteiger partial charge in [-0.2, -0.15) is 0 Å². The van der Waals surface area contributed by atoms with Gasteiger partial charge in [0.05, 0.1) is 0 Å². The summed E-state index contributed by atoms with van der Waals surface area (Å²) in [6, 6.07) is 9.41. The number of rotatable bonds is 2. The van der Waals surface area contributed by atoms with Gasteiger partial charge in [0.1, 0.15) is 0 Å². The number of carbonyl (C=O) groups is 1. The molecule has 0 aromatic heterocycles. The monoisotopic (exact) mass is 198 g/mol. The van der Waals surface area contributed by atoms with Crippen LogP contribution in [0.5, 0.6) is 0 Å². The van der Waals surface area contributed by atoms with Crippen LogP contribution in [0.15, 0.2) is 54.1 Å². The minimum Gasteiger partial charge on any atom is -0.289 e. The van der Waals surface area contributed by atoms with Gasteiger partial charge in [0, 0.05) is 5.56 Å². The van der Waals surface area contributed by atoms with E-state index in [4.69, 9.17) is 0 Å². The molecule has 1 heteroatoms. The SMILES string of the molecule is O=C(/C=C1/C=CCCC1)c1ccccc1. The van der Waals surface area contributed by atoms with Crippen LogP contribution >= 0.6 is 0 Å². The van der Waals surface area contributed by atoms with E-state index in [1.165, 1.54) is 0 Å². The number of hydrogen-bond acceptors (Lipinski definition) is 1. The lowest BCUT2D eigenvalue weighted by Crippen LogP contribution is -1.97. The Morgan fingerprint density at radius 3 is 2.67 bits per heavy atom. The molecule has 0 radical (unpaired) electrons. The average Bonchev–Trinajstić information content (AvgIpc) is 2.31. The van der Waals surface area contributed by atoms with Crippen LogP contribution < -0.4 is 0 Å². The van der Waals surface area contributed by atoms with Crippen LogP contribution in [-0.2, 0) is 0 Å². The highest BCUT2D eigenvalue weighted by molar-refractivity contribution is 6.05. The summed E-state index contributed by atoms with van der Waals surface area (Å²) in [4.78, 5) is 11.8. The second kappa shape index (κ2) is 4.74. The molecule has 1 aliphatic rings. The fourth-order valence-corrected chi connectivity index (χ4v) is 1.72. The first-order chi connectivity index (χ1) is 7.36. The van der Waals surface area contributed by atoms with Crippen molar-refractivity contribution in [3.63, 3.8) is 0 Å². The Hall–Kier alpha value is -1.63. The second-order valence-corrected chi connectivity index (χ2v) is 3.74. The molecule has 1 aromatic rings. The normalized spacial score (nSPS) is 18.0. The Kier molecular flexibility index (Phi) is 3.13. The predicted molar refractivity (Wildman–Crippen MR) is 61.8 cm³/mol. The van der Waals surface area contributed by atoms with Gasteiger partial charge in [-0.05, 0) is 30.9 Å². The molecule has 76 valence electrons. The predicted octanol–water partition coefficient (Wildman–Crippen LogP) is 3.54. The number of hydrogen-bond donors (Lipinski definition) is 0. The van der Waals surface area contributed by atoms with Gasteiger partial charge in [-0.3, -0.25) is 4.79 Å². The smallest absolute Gasteiger partial charge is 0.186 e. The highest BCUT2D eigenvalue weighted by Gasteiger charge is 2.04. The van der Waals surface area contributed by atoms with Crippen molar-refractivity contribution in [2.24, 2.45) is 0 Å². The zero-order valence-corrected chi connectivity index (χ0v) is 8.65. The standard InChI is InChI=1S/C14H14O/c15-14(13-9-5-2-6-10-13)11-12-7-3-1-4-8-12/h2-3,5-7,9-11H,1,4,8H2/b12-11-. The third-order valence-corrected chi connectivity index (χ3v) is 2.54. The first-order valence-corrected chi connectivity index (χ1v) is 5.33. The first-order valence-electron chi connectivity index (χ1n) is 5.33. The molecule has 0 bridgehead atoms. The lowest BCUT2D eigenvalue weighted by Gasteiger charge is -2.06. The summed E-state index contributed by atoms with van der Waals surface area (Å²) in [6.07, 6.45) is 9.26. The highest BCUT2D eigenvalue weighted by Crippen LogP contribution is 2.16. The summed E-state index contributed by atoms with van der Waals surface area (Å²) in [5.41, 5.74) is 1.92. The molecule has 2 rings (SSSR count). The van der Waals surface area contributed by atoms with Crippen molar-refractivity contribution in [3.05, 3.63) is 59.7 Å².